The average molecular weight is 368 g/mol. The number of amides is 1. The van der Waals surface area contributed by atoms with Gasteiger partial charge in [-0.1, -0.05) is 29.9 Å². The van der Waals surface area contributed by atoms with Crippen LogP contribution in [0.15, 0.2) is 0 Å². The second kappa shape index (κ2) is 6.44. The van der Waals surface area contributed by atoms with Gasteiger partial charge >= 0.3 is 6.18 Å². The summed E-state index contributed by atoms with van der Waals surface area (Å²) < 4.78 is 39.4. The fourth-order valence-electron chi connectivity index (χ4n) is 1.82. The van der Waals surface area contributed by atoms with Crippen LogP contribution >= 0.6 is 22.9 Å². The van der Waals surface area contributed by atoms with Crippen molar-refractivity contribution in [3.05, 3.63) is 21.4 Å². The number of halogens is 4. The molecule has 0 radical (unpaired) electrons. The summed E-state index contributed by atoms with van der Waals surface area (Å²) >= 11 is 6.88. The summed E-state index contributed by atoms with van der Waals surface area (Å²) in [4.78, 5) is 12.2. The molecular formula is C12H13ClF3N5OS. The summed E-state index contributed by atoms with van der Waals surface area (Å²) in [5.41, 5.74) is -1.14. The van der Waals surface area contributed by atoms with Crippen molar-refractivity contribution < 1.29 is 18.0 Å². The van der Waals surface area contributed by atoms with Crippen LogP contribution in [-0.4, -0.2) is 25.9 Å². The number of hydrogen-bond donors (Lipinski definition) is 1. The van der Waals surface area contributed by atoms with Gasteiger partial charge in [0, 0.05) is 0 Å². The zero-order valence-corrected chi connectivity index (χ0v) is 14.0. The molecule has 0 saturated carbocycles. The van der Waals surface area contributed by atoms with Crippen LogP contribution in [0.25, 0.3) is 0 Å². The van der Waals surface area contributed by atoms with E-state index in [-0.39, 0.29) is 10.8 Å². The fourth-order valence-corrected chi connectivity index (χ4v) is 2.74. The number of carbonyl (C=O) groups is 1. The number of aryl methyl sites for hydroxylation is 1. The topological polar surface area (TPSA) is 72.7 Å². The maximum absolute atomic E-state index is 12.8. The van der Waals surface area contributed by atoms with Gasteiger partial charge in [-0.2, -0.15) is 18.3 Å². The maximum atomic E-state index is 12.8. The normalized spacial score (nSPS) is 13.2. The smallest absolute Gasteiger partial charge is 0.299 e. The van der Waals surface area contributed by atoms with Crippen LogP contribution < -0.4 is 5.32 Å². The molecule has 0 bridgehead atoms. The number of carbonyl (C=O) groups excluding carboxylic acids is 1. The second-order valence-electron chi connectivity index (χ2n) is 4.71. The molecule has 0 aliphatic heterocycles. The van der Waals surface area contributed by atoms with Crippen LogP contribution in [0.4, 0.5) is 18.3 Å². The minimum Gasteiger partial charge on any atom is -0.299 e. The third-order valence-corrected chi connectivity index (χ3v) is 4.53. The lowest BCUT2D eigenvalue weighted by atomic mass is 10.3. The number of anilines is 1. The largest absolute Gasteiger partial charge is 0.436 e. The standard InChI is InChI=1S/C12H13ClF3N5OS/c1-4-7-18-19-11(23-7)17-10(22)6(3)21-5(2)8(13)9(20-21)12(14,15)16/h6H,4H2,1-3H3,(H,17,19,22). The molecule has 1 N–H and O–H groups in total. The minimum atomic E-state index is -4.68. The summed E-state index contributed by atoms with van der Waals surface area (Å²) in [7, 11) is 0. The van der Waals surface area contributed by atoms with Crippen molar-refractivity contribution in [1.29, 1.82) is 0 Å². The second-order valence-corrected chi connectivity index (χ2v) is 6.15. The van der Waals surface area contributed by atoms with Gasteiger partial charge in [0.15, 0.2) is 5.69 Å². The molecular weight excluding hydrogens is 355 g/mol. The molecule has 23 heavy (non-hydrogen) atoms. The first kappa shape index (κ1) is 17.7. The molecule has 0 aromatic carbocycles. The quantitative estimate of drug-likeness (QED) is 0.898. The van der Waals surface area contributed by atoms with Gasteiger partial charge in [0.25, 0.3) is 5.91 Å². The Morgan fingerprint density at radius 1 is 1.43 bits per heavy atom. The van der Waals surface area contributed by atoms with E-state index in [0.29, 0.717) is 6.42 Å². The zero-order chi connectivity index (χ0) is 17.4. The highest BCUT2D eigenvalue weighted by Crippen LogP contribution is 2.36. The first-order valence-electron chi connectivity index (χ1n) is 6.60. The summed E-state index contributed by atoms with van der Waals surface area (Å²) in [6.07, 6.45) is -4.01. The SMILES string of the molecule is CCc1nnc(NC(=O)C(C)n2nc(C(F)(F)F)c(Cl)c2C)s1. The molecule has 0 saturated heterocycles. The Labute approximate surface area is 138 Å². The van der Waals surface area contributed by atoms with E-state index in [1.807, 2.05) is 6.92 Å². The van der Waals surface area contributed by atoms with Gasteiger partial charge in [-0.3, -0.25) is 14.8 Å². The molecule has 1 amide bonds. The highest BCUT2D eigenvalue weighted by Gasteiger charge is 2.39. The van der Waals surface area contributed by atoms with E-state index in [1.54, 1.807) is 0 Å². The van der Waals surface area contributed by atoms with Gasteiger partial charge in [-0.25, -0.2) is 0 Å². The fraction of sp³-hybridized carbons (Fsp3) is 0.500. The highest BCUT2D eigenvalue weighted by molar-refractivity contribution is 7.15. The van der Waals surface area contributed by atoms with Gasteiger partial charge in [-0.05, 0) is 20.3 Å². The Morgan fingerprint density at radius 3 is 2.57 bits per heavy atom. The summed E-state index contributed by atoms with van der Waals surface area (Å²) in [5.74, 6) is -0.556. The van der Waals surface area contributed by atoms with E-state index in [2.05, 4.69) is 20.6 Å². The lowest BCUT2D eigenvalue weighted by Gasteiger charge is -2.13. The van der Waals surface area contributed by atoms with Crippen molar-refractivity contribution in [2.75, 3.05) is 5.32 Å². The molecule has 0 aliphatic carbocycles. The molecule has 0 spiro atoms. The lowest BCUT2D eigenvalue weighted by Crippen LogP contribution is -2.25. The number of rotatable bonds is 4. The molecule has 126 valence electrons. The van der Waals surface area contributed by atoms with Crippen molar-refractivity contribution in [1.82, 2.24) is 20.0 Å². The predicted octanol–water partition coefficient (Wildman–Crippen LogP) is 3.48. The molecule has 0 fully saturated rings. The van der Waals surface area contributed by atoms with Crippen molar-refractivity contribution in [2.45, 2.75) is 39.4 Å². The molecule has 1 unspecified atom stereocenters. The summed E-state index contributed by atoms with van der Waals surface area (Å²) in [5, 5.41) is 14.1. The number of alkyl halides is 3. The molecule has 0 aliphatic rings. The highest BCUT2D eigenvalue weighted by atomic mass is 35.5. The van der Waals surface area contributed by atoms with Crippen LogP contribution in [-0.2, 0) is 17.4 Å². The van der Waals surface area contributed by atoms with E-state index in [0.717, 1.165) is 9.69 Å². The third kappa shape index (κ3) is 3.63. The van der Waals surface area contributed by atoms with E-state index in [1.165, 1.54) is 25.2 Å². The molecule has 2 rings (SSSR count). The predicted molar refractivity (Wildman–Crippen MR) is 79.6 cm³/mol. The monoisotopic (exact) mass is 367 g/mol. The van der Waals surface area contributed by atoms with Crippen molar-refractivity contribution in [3.8, 4) is 0 Å². The molecule has 11 heteroatoms. The maximum Gasteiger partial charge on any atom is 0.436 e. The van der Waals surface area contributed by atoms with E-state index < -0.39 is 28.8 Å². The summed E-state index contributed by atoms with van der Waals surface area (Å²) in [6.45, 7) is 4.69. The lowest BCUT2D eigenvalue weighted by molar-refractivity contribution is -0.141. The Balaban J connectivity index is 2.22. The molecule has 6 nitrogen and oxygen atoms in total. The van der Waals surface area contributed by atoms with Crippen molar-refractivity contribution in [2.24, 2.45) is 0 Å². The number of nitrogens with one attached hydrogen (secondary N) is 1. The Kier molecular flexibility index (Phi) is 4.95. The van der Waals surface area contributed by atoms with Crippen LogP contribution in [0.1, 0.15) is 36.3 Å². The number of hydrogen-bond acceptors (Lipinski definition) is 5. The van der Waals surface area contributed by atoms with E-state index in [4.69, 9.17) is 11.6 Å². The Morgan fingerprint density at radius 2 is 2.09 bits per heavy atom. The minimum absolute atomic E-state index is 0.0631. The Hall–Kier alpha value is -1.68. The Bertz CT molecular complexity index is 727. The van der Waals surface area contributed by atoms with Crippen molar-refractivity contribution >= 4 is 34.0 Å². The van der Waals surface area contributed by atoms with Crippen LogP contribution in [0.2, 0.25) is 5.02 Å². The first-order chi connectivity index (χ1) is 10.6. The molecule has 2 aromatic heterocycles. The van der Waals surface area contributed by atoms with Gasteiger partial charge in [0.2, 0.25) is 5.13 Å². The zero-order valence-electron chi connectivity index (χ0n) is 12.4. The molecule has 2 heterocycles. The van der Waals surface area contributed by atoms with Gasteiger partial charge in [-0.15, -0.1) is 10.2 Å². The van der Waals surface area contributed by atoms with Gasteiger partial charge < -0.3 is 0 Å². The van der Waals surface area contributed by atoms with Crippen LogP contribution in [0.3, 0.4) is 0 Å². The number of aromatic nitrogens is 4. The van der Waals surface area contributed by atoms with E-state index in [9.17, 15) is 18.0 Å². The number of nitrogens with zero attached hydrogens (tertiary/aromatic N) is 4. The van der Waals surface area contributed by atoms with Crippen LogP contribution in [0.5, 0.6) is 0 Å². The van der Waals surface area contributed by atoms with Crippen LogP contribution in [0, 0.1) is 6.92 Å². The van der Waals surface area contributed by atoms with Gasteiger partial charge in [0.1, 0.15) is 11.0 Å². The average Bonchev–Trinajstić information content (AvgIpc) is 3.03. The van der Waals surface area contributed by atoms with Gasteiger partial charge in [0.05, 0.1) is 10.7 Å². The molecule has 1 atom stereocenters. The first-order valence-corrected chi connectivity index (χ1v) is 7.79. The molecule has 2 aromatic rings. The van der Waals surface area contributed by atoms with Crippen molar-refractivity contribution in [3.63, 3.8) is 0 Å². The van der Waals surface area contributed by atoms with E-state index >= 15 is 0 Å². The third-order valence-electron chi connectivity index (χ3n) is 3.09. The summed E-state index contributed by atoms with van der Waals surface area (Å²) in [6, 6.07) is -0.988.